The number of methoxy groups -OCH3 is 1. The van der Waals surface area contributed by atoms with Crippen molar-refractivity contribution in [3.8, 4) is 5.75 Å². The number of imide groups is 1. The van der Waals surface area contributed by atoms with Gasteiger partial charge in [0.15, 0.2) is 0 Å². The maximum Gasteiger partial charge on any atom is 0.231 e. The molecule has 1 N–H and O–H groups in total. The Balaban J connectivity index is 1.26. The Hall–Kier alpha value is -5.24. The van der Waals surface area contributed by atoms with E-state index in [2.05, 4.69) is 10.3 Å². The molecule has 0 aliphatic rings. The summed E-state index contributed by atoms with van der Waals surface area (Å²) < 4.78 is 7.06. The van der Waals surface area contributed by atoms with Gasteiger partial charge in [-0.2, -0.15) is 0 Å². The molecule has 0 spiro atoms. The van der Waals surface area contributed by atoms with Crippen LogP contribution in [-0.2, 0) is 16.1 Å². The van der Waals surface area contributed by atoms with Gasteiger partial charge in [-0.25, -0.2) is 9.98 Å². The minimum absolute atomic E-state index is 0.155. The molecular formula is C32H29N5O3. The van der Waals surface area contributed by atoms with Crippen LogP contribution in [0.5, 0.6) is 5.75 Å². The van der Waals surface area contributed by atoms with Gasteiger partial charge in [0.2, 0.25) is 12.3 Å². The van der Waals surface area contributed by atoms with Gasteiger partial charge in [-0.05, 0) is 23.8 Å². The third-order valence-electron chi connectivity index (χ3n) is 6.44. The fraction of sp³-hybridized carbons (Fsp3) is 0.125. The topological polar surface area (TPSA) is 88.3 Å². The van der Waals surface area contributed by atoms with Gasteiger partial charge in [0, 0.05) is 36.4 Å². The summed E-state index contributed by atoms with van der Waals surface area (Å²) in [5.74, 6) is 1.20. The molecule has 40 heavy (non-hydrogen) atoms. The SMILES string of the molecule is COc1ccc(CN(C=O)C(=O)CCNc2cnc3cc(N=C(c4ccccc4)c4ccccc4)ccn23)cc1. The molecule has 2 heterocycles. The molecule has 8 nitrogen and oxygen atoms in total. The number of fused-ring (bicyclic) bond motifs is 1. The Labute approximate surface area is 232 Å². The van der Waals surface area contributed by atoms with E-state index in [0.717, 1.165) is 45.3 Å². The fourth-order valence-corrected chi connectivity index (χ4v) is 4.34. The summed E-state index contributed by atoms with van der Waals surface area (Å²) in [5.41, 5.74) is 5.29. The number of rotatable bonds is 11. The highest BCUT2D eigenvalue weighted by Crippen LogP contribution is 2.22. The molecule has 8 heteroatoms. The van der Waals surface area contributed by atoms with Crippen molar-refractivity contribution in [2.75, 3.05) is 19.0 Å². The first-order valence-corrected chi connectivity index (χ1v) is 12.9. The molecule has 0 unspecified atom stereocenters. The summed E-state index contributed by atoms with van der Waals surface area (Å²) in [4.78, 5) is 34.9. The van der Waals surface area contributed by atoms with Crippen LogP contribution in [0.4, 0.5) is 11.5 Å². The Kier molecular flexibility index (Phi) is 8.26. The molecule has 5 rings (SSSR count). The Bertz CT molecular complexity index is 1570. The lowest BCUT2D eigenvalue weighted by molar-refractivity contribution is -0.138. The van der Waals surface area contributed by atoms with E-state index in [9.17, 15) is 9.59 Å². The summed E-state index contributed by atoms with van der Waals surface area (Å²) in [6, 6.07) is 31.3. The standard InChI is InChI=1S/C32H29N5O3/c1-40-28-14-12-24(13-15-28)22-36(23-38)31(39)16-18-33-30-21-34-29-20-27(17-19-37(29)30)35-32(25-8-4-2-5-9-25)26-10-6-3-7-11-26/h2-15,17,19-21,23,33H,16,18,22H2,1H3. The quantitative estimate of drug-likeness (QED) is 0.180. The number of nitrogens with zero attached hydrogens (tertiary/aromatic N) is 4. The molecular weight excluding hydrogens is 502 g/mol. The van der Waals surface area contributed by atoms with Crippen LogP contribution >= 0.6 is 0 Å². The Morgan fingerprint density at radius 3 is 2.27 bits per heavy atom. The van der Waals surface area contributed by atoms with Crippen LogP contribution in [0.3, 0.4) is 0 Å². The summed E-state index contributed by atoms with van der Waals surface area (Å²) in [6.45, 7) is 0.560. The van der Waals surface area contributed by atoms with Crippen molar-refractivity contribution in [1.29, 1.82) is 0 Å². The maximum atomic E-state index is 12.7. The van der Waals surface area contributed by atoms with E-state index in [4.69, 9.17) is 9.73 Å². The van der Waals surface area contributed by atoms with Gasteiger partial charge in [-0.3, -0.25) is 18.9 Å². The number of imidazole rings is 1. The van der Waals surface area contributed by atoms with Crippen molar-refractivity contribution in [2.45, 2.75) is 13.0 Å². The van der Waals surface area contributed by atoms with Gasteiger partial charge >= 0.3 is 0 Å². The summed E-state index contributed by atoms with van der Waals surface area (Å²) in [6.07, 6.45) is 4.35. The number of anilines is 1. The smallest absolute Gasteiger partial charge is 0.231 e. The van der Waals surface area contributed by atoms with E-state index in [1.807, 2.05) is 95.5 Å². The van der Waals surface area contributed by atoms with E-state index in [1.165, 1.54) is 4.90 Å². The largest absolute Gasteiger partial charge is 0.497 e. The second-order valence-corrected chi connectivity index (χ2v) is 9.10. The molecule has 5 aromatic rings. The average Bonchev–Trinajstić information content (AvgIpc) is 3.41. The van der Waals surface area contributed by atoms with Gasteiger partial charge in [-0.1, -0.05) is 72.8 Å². The van der Waals surface area contributed by atoms with Crippen molar-refractivity contribution < 1.29 is 14.3 Å². The fourth-order valence-electron chi connectivity index (χ4n) is 4.34. The van der Waals surface area contributed by atoms with Crippen LogP contribution in [0, 0.1) is 0 Å². The lowest BCUT2D eigenvalue weighted by atomic mass is 10.0. The molecule has 0 saturated carbocycles. The average molecular weight is 532 g/mol. The Morgan fingerprint density at radius 2 is 1.65 bits per heavy atom. The minimum Gasteiger partial charge on any atom is -0.497 e. The van der Waals surface area contributed by atoms with E-state index < -0.39 is 0 Å². The molecule has 0 aliphatic carbocycles. The molecule has 2 amide bonds. The van der Waals surface area contributed by atoms with Crippen LogP contribution < -0.4 is 10.1 Å². The molecule has 0 bridgehead atoms. The number of ether oxygens (including phenoxy) is 1. The van der Waals surface area contributed by atoms with E-state index in [1.54, 1.807) is 25.4 Å². The summed E-state index contributed by atoms with van der Waals surface area (Å²) in [7, 11) is 1.59. The van der Waals surface area contributed by atoms with Gasteiger partial charge in [0.25, 0.3) is 0 Å². The van der Waals surface area contributed by atoms with Crippen molar-refractivity contribution in [2.24, 2.45) is 4.99 Å². The first-order valence-electron chi connectivity index (χ1n) is 12.9. The number of hydrogen-bond donors (Lipinski definition) is 1. The van der Waals surface area contributed by atoms with Crippen molar-refractivity contribution >= 4 is 35.2 Å². The molecule has 0 fully saturated rings. The monoisotopic (exact) mass is 531 g/mol. The van der Waals surface area contributed by atoms with Crippen LogP contribution in [-0.4, -0.2) is 46.0 Å². The van der Waals surface area contributed by atoms with Gasteiger partial charge < -0.3 is 10.1 Å². The maximum absolute atomic E-state index is 12.7. The lowest BCUT2D eigenvalue weighted by Gasteiger charge is -2.16. The zero-order chi connectivity index (χ0) is 27.7. The van der Waals surface area contributed by atoms with Gasteiger partial charge in [0.05, 0.1) is 31.3 Å². The molecule has 0 saturated heterocycles. The third-order valence-corrected chi connectivity index (χ3v) is 6.44. The third kappa shape index (κ3) is 6.24. The second kappa shape index (κ2) is 12.5. The zero-order valence-electron chi connectivity index (χ0n) is 22.1. The van der Waals surface area contributed by atoms with Crippen LogP contribution in [0.1, 0.15) is 23.1 Å². The van der Waals surface area contributed by atoms with E-state index in [0.29, 0.717) is 13.0 Å². The summed E-state index contributed by atoms with van der Waals surface area (Å²) in [5, 5.41) is 3.25. The molecule has 0 radical (unpaired) electrons. The van der Waals surface area contributed by atoms with E-state index >= 15 is 0 Å². The zero-order valence-corrected chi connectivity index (χ0v) is 22.1. The van der Waals surface area contributed by atoms with Crippen LogP contribution in [0.15, 0.2) is 114 Å². The van der Waals surface area contributed by atoms with Crippen LogP contribution in [0.25, 0.3) is 5.65 Å². The molecule has 200 valence electrons. The predicted octanol–water partition coefficient (Wildman–Crippen LogP) is 5.50. The molecule has 0 atom stereocenters. The first kappa shape index (κ1) is 26.4. The normalized spacial score (nSPS) is 10.6. The van der Waals surface area contributed by atoms with Crippen molar-refractivity contribution in [3.63, 3.8) is 0 Å². The number of hydrogen-bond acceptors (Lipinski definition) is 6. The van der Waals surface area contributed by atoms with Gasteiger partial charge in [0.1, 0.15) is 17.2 Å². The van der Waals surface area contributed by atoms with E-state index in [-0.39, 0.29) is 18.9 Å². The second-order valence-electron chi connectivity index (χ2n) is 9.10. The minimum atomic E-state index is -0.266. The molecule has 0 aliphatic heterocycles. The number of benzene rings is 3. The lowest BCUT2D eigenvalue weighted by Crippen LogP contribution is -2.30. The molecule has 2 aromatic heterocycles. The summed E-state index contributed by atoms with van der Waals surface area (Å²) >= 11 is 0. The van der Waals surface area contributed by atoms with Crippen molar-refractivity contribution in [1.82, 2.24) is 14.3 Å². The Morgan fingerprint density at radius 1 is 0.975 bits per heavy atom. The van der Waals surface area contributed by atoms with Crippen molar-refractivity contribution in [3.05, 3.63) is 126 Å². The number of amides is 2. The predicted molar refractivity (Wildman–Crippen MR) is 156 cm³/mol. The van der Waals surface area contributed by atoms with Gasteiger partial charge in [-0.15, -0.1) is 0 Å². The first-order chi connectivity index (χ1) is 19.6. The number of carbonyl (C=O) groups excluding carboxylic acids is 2. The highest BCUT2D eigenvalue weighted by Gasteiger charge is 2.14. The highest BCUT2D eigenvalue weighted by molar-refractivity contribution is 6.14. The van der Waals surface area contributed by atoms with Crippen LogP contribution in [0.2, 0.25) is 0 Å². The number of aliphatic imine (C=N–C) groups is 1. The number of pyridine rings is 1. The highest BCUT2D eigenvalue weighted by atomic mass is 16.5. The number of carbonyl (C=O) groups is 2. The number of aromatic nitrogens is 2. The molecule has 3 aromatic carbocycles. The number of nitrogens with one attached hydrogen (secondary N) is 1.